The van der Waals surface area contributed by atoms with Crippen molar-refractivity contribution < 1.29 is 9.25 Å². The average molecular weight is 127 g/mol. The largest absolute Gasteiger partial charge is 0.472 e. The Morgan fingerprint density at radius 3 is 3.11 bits per heavy atom. The molecular formula is C6H9NO2. The molecule has 0 amide bonds. The third-order valence-electron chi connectivity index (χ3n) is 1.09. The molecule has 9 heavy (non-hydrogen) atoms. The molecule has 0 radical (unpaired) electrons. The minimum Gasteiger partial charge on any atom is -0.472 e. The van der Waals surface area contributed by atoms with Gasteiger partial charge in [-0.3, -0.25) is 0 Å². The van der Waals surface area contributed by atoms with Crippen molar-refractivity contribution in [1.82, 2.24) is 0 Å². The Hall–Kier alpha value is -0.800. The molecule has 2 N–H and O–H groups in total. The zero-order valence-corrected chi connectivity index (χ0v) is 5.04. The average Bonchev–Trinajstić information content (AvgIpc) is 2.34. The van der Waals surface area contributed by atoms with Crippen LogP contribution in [0.5, 0.6) is 0 Å². The first-order valence-electron chi connectivity index (χ1n) is 2.76. The van der Waals surface area contributed by atoms with Crippen molar-refractivity contribution >= 4 is 0 Å². The molecule has 0 aliphatic rings. The van der Waals surface area contributed by atoms with Gasteiger partial charge in [0, 0.05) is 6.42 Å². The van der Waals surface area contributed by atoms with Crippen LogP contribution in [0.4, 0.5) is 0 Å². The van der Waals surface area contributed by atoms with E-state index >= 15 is 0 Å². The highest BCUT2D eigenvalue weighted by molar-refractivity contribution is 5.04. The van der Waals surface area contributed by atoms with E-state index in [2.05, 4.69) is 4.84 Å². The highest BCUT2D eigenvalue weighted by Crippen LogP contribution is 1.99. The molecule has 1 aromatic rings. The fourth-order valence-electron chi connectivity index (χ4n) is 0.612. The second-order valence-corrected chi connectivity index (χ2v) is 1.75. The van der Waals surface area contributed by atoms with Gasteiger partial charge in [-0.15, -0.1) is 0 Å². The van der Waals surface area contributed by atoms with Crippen LogP contribution in [0, 0.1) is 0 Å². The minimum absolute atomic E-state index is 0.541. The Balaban J connectivity index is 2.30. The molecule has 0 saturated heterocycles. The summed E-state index contributed by atoms with van der Waals surface area (Å²) in [4.78, 5) is 4.37. The zero-order valence-electron chi connectivity index (χ0n) is 5.04. The summed E-state index contributed by atoms with van der Waals surface area (Å²) in [6.07, 6.45) is 4.12. The van der Waals surface area contributed by atoms with E-state index in [9.17, 15) is 0 Å². The molecule has 1 heterocycles. The number of hydrogen-bond acceptors (Lipinski definition) is 3. The second kappa shape index (κ2) is 3.27. The number of nitrogens with two attached hydrogens (primary N) is 1. The van der Waals surface area contributed by atoms with Crippen LogP contribution in [-0.2, 0) is 11.3 Å². The summed E-state index contributed by atoms with van der Waals surface area (Å²) < 4.78 is 4.82. The van der Waals surface area contributed by atoms with Gasteiger partial charge in [0.25, 0.3) is 0 Å². The molecule has 3 nitrogen and oxygen atoms in total. The first-order chi connectivity index (χ1) is 4.43. The third kappa shape index (κ3) is 1.87. The molecule has 0 aliphatic heterocycles. The molecule has 50 valence electrons. The molecule has 0 unspecified atom stereocenters. The summed E-state index contributed by atoms with van der Waals surface area (Å²) in [5.41, 5.74) is 1.11. The molecule has 0 spiro atoms. The van der Waals surface area contributed by atoms with Gasteiger partial charge in [0.1, 0.15) is 0 Å². The van der Waals surface area contributed by atoms with Gasteiger partial charge in [0.15, 0.2) is 0 Å². The lowest BCUT2D eigenvalue weighted by Crippen LogP contribution is -2.02. The van der Waals surface area contributed by atoms with E-state index in [-0.39, 0.29) is 0 Å². The fraction of sp³-hybridized carbons (Fsp3) is 0.333. The summed E-state index contributed by atoms with van der Waals surface area (Å²) in [7, 11) is 0. The summed E-state index contributed by atoms with van der Waals surface area (Å²) in [5.74, 6) is 4.81. The highest BCUT2D eigenvalue weighted by atomic mass is 16.6. The van der Waals surface area contributed by atoms with Gasteiger partial charge in [0.2, 0.25) is 0 Å². The predicted molar refractivity (Wildman–Crippen MR) is 32.6 cm³/mol. The van der Waals surface area contributed by atoms with Crippen molar-refractivity contribution in [2.45, 2.75) is 6.42 Å². The van der Waals surface area contributed by atoms with Gasteiger partial charge in [-0.1, -0.05) is 0 Å². The van der Waals surface area contributed by atoms with Crippen LogP contribution in [0.25, 0.3) is 0 Å². The van der Waals surface area contributed by atoms with E-state index < -0.39 is 0 Å². The lowest BCUT2D eigenvalue weighted by atomic mass is 10.3. The Morgan fingerprint density at radius 2 is 2.56 bits per heavy atom. The SMILES string of the molecule is NOCCc1ccoc1. The molecule has 0 saturated carbocycles. The van der Waals surface area contributed by atoms with Crippen LogP contribution in [0.15, 0.2) is 23.0 Å². The maximum absolute atomic E-state index is 4.82. The molecule has 0 aromatic carbocycles. The van der Waals surface area contributed by atoms with Gasteiger partial charge < -0.3 is 9.25 Å². The first kappa shape index (κ1) is 6.32. The van der Waals surface area contributed by atoms with Crippen LogP contribution in [0.2, 0.25) is 0 Å². The van der Waals surface area contributed by atoms with Gasteiger partial charge in [-0.05, 0) is 11.6 Å². The van der Waals surface area contributed by atoms with Gasteiger partial charge >= 0.3 is 0 Å². The van der Waals surface area contributed by atoms with Crippen LogP contribution in [-0.4, -0.2) is 6.61 Å². The molecule has 0 atom stereocenters. The lowest BCUT2D eigenvalue weighted by Gasteiger charge is -1.91. The van der Waals surface area contributed by atoms with E-state index in [1.54, 1.807) is 12.5 Å². The minimum atomic E-state index is 0.541. The topological polar surface area (TPSA) is 48.4 Å². The molecule has 0 bridgehead atoms. The molecule has 1 aromatic heterocycles. The lowest BCUT2D eigenvalue weighted by molar-refractivity contribution is 0.141. The summed E-state index contributed by atoms with van der Waals surface area (Å²) in [6.45, 7) is 0.541. The summed E-state index contributed by atoms with van der Waals surface area (Å²) in [5, 5.41) is 0. The standard InChI is InChI=1S/C6H9NO2/c7-9-4-2-6-1-3-8-5-6/h1,3,5H,2,4,7H2. The van der Waals surface area contributed by atoms with E-state index in [0.29, 0.717) is 6.61 Å². The van der Waals surface area contributed by atoms with Crippen molar-refractivity contribution in [2.75, 3.05) is 6.61 Å². The van der Waals surface area contributed by atoms with Crippen molar-refractivity contribution in [3.05, 3.63) is 24.2 Å². The maximum Gasteiger partial charge on any atom is 0.0935 e. The Bertz CT molecular complexity index is 148. The van der Waals surface area contributed by atoms with Crippen molar-refractivity contribution in [1.29, 1.82) is 0 Å². The van der Waals surface area contributed by atoms with Gasteiger partial charge in [-0.25, -0.2) is 5.90 Å². The van der Waals surface area contributed by atoms with E-state index in [4.69, 9.17) is 10.3 Å². The second-order valence-electron chi connectivity index (χ2n) is 1.75. The molecule has 3 heteroatoms. The van der Waals surface area contributed by atoms with Crippen LogP contribution in [0.1, 0.15) is 5.56 Å². The van der Waals surface area contributed by atoms with Crippen molar-refractivity contribution in [2.24, 2.45) is 5.90 Å². The van der Waals surface area contributed by atoms with E-state index in [1.165, 1.54) is 0 Å². The van der Waals surface area contributed by atoms with Gasteiger partial charge in [0.05, 0.1) is 19.1 Å². The zero-order chi connectivity index (χ0) is 6.53. The van der Waals surface area contributed by atoms with Crippen LogP contribution < -0.4 is 5.90 Å². The Kier molecular flexibility index (Phi) is 2.30. The van der Waals surface area contributed by atoms with Gasteiger partial charge in [-0.2, -0.15) is 0 Å². The van der Waals surface area contributed by atoms with E-state index in [0.717, 1.165) is 12.0 Å². The smallest absolute Gasteiger partial charge is 0.0935 e. The molecule has 0 aliphatic carbocycles. The van der Waals surface area contributed by atoms with Crippen LogP contribution >= 0.6 is 0 Å². The van der Waals surface area contributed by atoms with Crippen molar-refractivity contribution in [3.8, 4) is 0 Å². The third-order valence-corrected chi connectivity index (χ3v) is 1.09. The summed E-state index contributed by atoms with van der Waals surface area (Å²) >= 11 is 0. The predicted octanol–water partition coefficient (Wildman–Crippen LogP) is 0.712. The quantitative estimate of drug-likeness (QED) is 0.608. The van der Waals surface area contributed by atoms with Crippen molar-refractivity contribution in [3.63, 3.8) is 0 Å². The Labute approximate surface area is 53.4 Å². The molecule has 1 rings (SSSR count). The fourth-order valence-corrected chi connectivity index (χ4v) is 0.612. The number of hydrogen-bond donors (Lipinski definition) is 1. The van der Waals surface area contributed by atoms with Crippen LogP contribution in [0.3, 0.4) is 0 Å². The summed E-state index contributed by atoms with van der Waals surface area (Å²) in [6, 6.07) is 1.89. The number of rotatable bonds is 3. The monoisotopic (exact) mass is 127 g/mol. The normalized spacial score (nSPS) is 9.89. The molecule has 0 fully saturated rings. The van der Waals surface area contributed by atoms with E-state index in [1.807, 2.05) is 6.07 Å². The maximum atomic E-state index is 4.82. The highest BCUT2D eigenvalue weighted by Gasteiger charge is 1.91. The molecular weight excluding hydrogens is 118 g/mol. The first-order valence-corrected chi connectivity index (χ1v) is 2.76. The Morgan fingerprint density at radius 1 is 1.67 bits per heavy atom. The number of furan rings is 1.